The average Bonchev–Trinajstić information content (AvgIpc) is 3.05. The lowest BCUT2D eigenvalue weighted by molar-refractivity contribution is 0.155. The Balaban J connectivity index is 1.76. The molecule has 1 N–H and O–H groups in total. The molecule has 2 saturated carbocycles. The van der Waals surface area contributed by atoms with Crippen LogP contribution in [0.25, 0.3) is 5.78 Å². The molecule has 2 bridgehead atoms. The van der Waals surface area contributed by atoms with Gasteiger partial charge in [-0.2, -0.15) is 14.6 Å². The van der Waals surface area contributed by atoms with Gasteiger partial charge in [-0.25, -0.2) is 4.98 Å². The molecule has 3 unspecified atom stereocenters. The Labute approximate surface area is 125 Å². The number of nitrogens with one attached hydrogen (secondary N) is 1. The molecule has 3 atom stereocenters. The number of aryl methyl sites for hydroxylation is 1. The topological polar surface area (TPSA) is 55.1 Å². The van der Waals surface area contributed by atoms with Crippen molar-refractivity contribution < 1.29 is 0 Å². The Bertz CT molecular complexity index is 699. The third-order valence-corrected chi connectivity index (χ3v) is 5.94. The molecule has 2 fully saturated rings. The fourth-order valence-electron chi connectivity index (χ4n) is 4.84. The van der Waals surface area contributed by atoms with Crippen LogP contribution < -0.4 is 5.32 Å². The van der Waals surface area contributed by atoms with E-state index in [1.807, 2.05) is 11.4 Å². The predicted molar refractivity (Wildman–Crippen MR) is 82.2 cm³/mol. The molecule has 0 aromatic carbocycles. The van der Waals surface area contributed by atoms with Crippen molar-refractivity contribution in [3.8, 4) is 0 Å². The maximum atomic E-state index is 4.42. The lowest BCUT2D eigenvalue weighted by Gasteiger charge is -2.43. The SMILES string of the molecule is Cc1cc(NC2C3(C)CCC(C3)C2(C)C)n2ncnc2n1. The fraction of sp³-hybridized carbons (Fsp3) is 0.688. The van der Waals surface area contributed by atoms with Gasteiger partial charge in [0.25, 0.3) is 5.78 Å². The summed E-state index contributed by atoms with van der Waals surface area (Å²) in [6.45, 7) is 9.26. The monoisotopic (exact) mass is 285 g/mol. The van der Waals surface area contributed by atoms with Crippen LogP contribution >= 0.6 is 0 Å². The van der Waals surface area contributed by atoms with Gasteiger partial charge in [0.15, 0.2) is 0 Å². The second-order valence-electron chi connectivity index (χ2n) is 7.75. The van der Waals surface area contributed by atoms with E-state index in [1.54, 1.807) is 6.33 Å². The van der Waals surface area contributed by atoms with Gasteiger partial charge in [-0.15, -0.1) is 0 Å². The Kier molecular flexibility index (Phi) is 2.46. The first-order valence-corrected chi connectivity index (χ1v) is 7.84. The Morgan fingerprint density at radius 1 is 1.33 bits per heavy atom. The van der Waals surface area contributed by atoms with Crippen LogP contribution in [-0.4, -0.2) is 25.6 Å². The molecular formula is C16H23N5. The van der Waals surface area contributed by atoms with Gasteiger partial charge < -0.3 is 5.32 Å². The average molecular weight is 285 g/mol. The zero-order valence-corrected chi connectivity index (χ0v) is 13.2. The zero-order valence-electron chi connectivity index (χ0n) is 13.2. The molecule has 112 valence electrons. The maximum Gasteiger partial charge on any atom is 0.254 e. The summed E-state index contributed by atoms with van der Waals surface area (Å²) in [6, 6.07) is 2.55. The Morgan fingerprint density at radius 3 is 2.86 bits per heavy atom. The lowest BCUT2D eigenvalue weighted by atomic mass is 9.68. The van der Waals surface area contributed by atoms with E-state index in [1.165, 1.54) is 19.3 Å². The fourth-order valence-corrected chi connectivity index (χ4v) is 4.84. The number of rotatable bonds is 2. The van der Waals surface area contributed by atoms with E-state index in [-0.39, 0.29) is 0 Å². The molecule has 0 saturated heterocycles. The van der Waals surface area contributed by atoms with Crippen LogP contribution in [0.2, 0.25) is 0 Å². The Hall–Kier alpha value is -1.65. The van der Waals surface area contributed by atoms with E-state index in [0.29, 0.717) is 22.6 Å². The van der Waals surface area contributed by atoms with Gasteiger partial charge in [0.1, 0.15) is 12.1 Å². The quantitative estimate of drug-likeness (QED) is 0.921. The van der Waals surface area contributed by atoms with E-state index in [4.69, 9.17) is 0 Å². The number of aromatic nitrogens is 4. The maximum absolute atomic E-state index is 4.42. The third-order valence-electron chi connectivity index (χ3n) is 5.94. The smallest absolute Gasteiger partial charge is 0.254 e. The molecule has 2 aliphatic rings. The highest BCUT2D eigenvalue weighted by atomic mass is 15.4. The molecule has 5 heteroatoms. The summed E-state index contributed by atoms with van der Waals surface area (Å²) < 4.78 is 1.82. The molecule has 4 rings (SSSR count). The number of fused-ring (bicyclic) bond motifs is 3. The molecule has 2 aliphatic carbocycles. The van der Waals surface area contributed by atoms with Crippen LogP contribution in [0.1, 0.15) is 45.7 Å². The molecular weight excluding hydrogens is 262 g/mol. The number of hydrogen-bond donors (Lipinski definition) is 1. The lowest BCUT2D eigenvalue weighted by Crippen LogP contribution is -2.46. The number of anilines is 1. The molecule has 2 heterocycles. The summed E-state index contributed by atoms with van der Waals surface area (Å²) in [5.74, 6) is 2.51. The van der Waals surface area contributed by atoms with Crippen LogP contribution in [0.3, 0.4) is 0 Å². The number of hydrogen-bond acceptors (Lipinski definition) is 4. The third kappa shape index (κ3) is 1.72. The highest BCUT2D eigenvalue weighted by molar-refractivity contribution is 5.46. The molecule has 21 heavy (non-hydrogen) atoms. The van der Waals surface area contributed by atoms with Crippen molar-refractivity contribution in [3.05, 3.63) is 18.1 Å². The minimum Gasteiger partial charge on any atom is -0.366 e. The van der Waals surface area contributed by atoms with Crippen LogP contribution in [0.15, 0.2) is 12.4 Å². The van der Waals surface area contributed by atoms with E-state index >= 15 is 0 Å². The second kappa shape index (κ2) is 3.96. The van der Waals surface area contributed by atoms with Crippen LogP contribution in [0.4, 0.5) is 5.82 Å². The first-order valence-electron chi connectivity index (χ1n) is 7.84. The van der Waals surface area contributed by atoms with Gasteiger partial charge in [-0.1, -0.05) is 20.8 Å². The van der Waals surface area contributed by atoms with Crippen molar-refractivity contribution in [3.63, 3.8) is 0 Å². The standard InChI is InChI=1S/C16H23N5/c1-10-7-12(21-14(19-10)17-9-18-21)20-13-15(2,3)11-5-6-16(13,4)8-11/h7,9,11,13,20H,5-6,8H2,1-4H3. The van der Waals surface area contributed by atoms with Crippen molar-refractivity contribution in [1.82, 2.24) is 19.6 Å². The van der Waals surface area contributed by atoms with Crippen molar-refractivity contribution in [2.75, 3.05) is 5.32 Å². The molecule has 0 radical (unpaired) electrons. The summed E-state index contributed by atoms with van der Waals surface area (Å²) >= 11 is 0. The molecule has 0 amide bonds. The van der Waals surface area contributed by atoms with Gasteiger partial charge in [-0.3, -0.25) is 0 Å². The van der Waals surface area contributed by atoms with Crippen LogP contribution in [-0.2, 0) is 0 Å². The zero-order chi connectivity index (χ0) is 14.8. The molecule has 2 aromatic rings. The van der Waals surface area contributed by atoms with E-state index in [2.05, 4.69) is 47.2 Å². The van der Waals surface area contributed by atoms with Crippen LogP contribution in [0, 0.1) is 23.7 Å². The van der Waals surface area contributed by atoms with Crippen molar-refractivity contribution >= 4 is 11.6 Å². The first kappa shape index (κ1) is 13.0. The summed E-state index contributed by atoms with van der Waals surface area (Å²) in [6.07, 6.45) is 5.60. The van der Waals surface area contributed by atoms with E-state index in [9.17, 15) is 0 Å². The summed E-state index contributed by atoms with van der Waals surface area (Å²) in [4.78, 5) is 8.64. The highest BCUT2D eigenvalue weighted by Gasteiger charge is 2.59. The van der Waals surface area contributed by atoms with Crippen LogP contribution in [0.5, 0.6) is 0 Å². The molecule has 0 spiro atoms. The first-order chi connectivity index (χ1) is 9.90. The van der Waals surface area contributed by atoms with Gasteiger partial charge in [0, 0.05) is 17.8 Å². The van der Waals surface area contributed by atoms with Gasteiger partial charge in [-0.05, 0) is 42.9 Å². The molecule has 2 aromatic heterocycles. The molecule has 0 aliphatic heterocycles. The largest absolute Gasteiger partial charge is 0.366 e. The highest BCUT2D eigenvalue weighted by Crippen LogP contribution is 2.63. The summed E-state index contributed by atoms with van der Waals surface area (Å²) in [5, 5.41) is 8.11. The van der Waals surface area contributed by atoms with Gasteiger partial charge in [0.2, 0.25) is 0 Å². The van der Waals surface area contributed by atoms with Gasteiger partial charge in [0.05, 0.1) is 0 Å². The second-order valence-corrected chi connectivity index (χ2v) is 7.75. The van der Waals surface area contributed by atoms with Crippen molar-refractivity contribution in [2.24, 2.45) is 16.7 Å². The van der Waals surface area contributed by atoms with E-state index in [0.717, 1.165) is 17.4 Å². The van der Waals surface area contributed by atoms with Gasteiger partial charge >= 0.3 is 0 Å². The minimum absolute atomic E-state index is 0.317. The van der Waals surface area contributed by atoms with Crippen molar-refractivity contribution in [2.45, 2.75) is 53.0 Å². The van der Waals surface area contributed by atoms with Crippen molar-refractivity contribution in [1.29, 1.82) is 0 Å². The normalized spacial score (nSPS) is 33.7. The predicted octanol–water partition coefficient (Wildman–Crippen LogP) is 3.06. The summed E-state index contributed by atoms with van der Waals surface area (Å²) in [5.41, 5.74) is 1.68. The Morgan fingerprint density at radius 2 is 2.14 bits per heavy atom. The summed E-state index contributed by atoms with van der Waals surface area (Å²) in [7, 11) is 0. The molecule has 5 nitrogen and oxygen atoms in total. The van der Waals surface area contributed by atoms with E-state index < -0.39 is 0 Å². The number of nitrogens with zero attached hydrogens (tertiary/aromatic N) is 4. The minimum atomic E-state index is 0.317.